The summed E-state index contributed by atoms with van der Waals surface area (Å²) in [6.45, 7) is 3.92. The molecule has 2 aromatic rings. The number of esters is 1. The van der Waals surface area contributed by atoms with Crippen molar-refractivity contribution in [2.24, 2.45) is 0 Å². The molecule has 30 heavy (non-hydrogen) atoms. The van der Waals surface area contributed by atoms with Crippen LogP contribution in [0.1, 0.15) is 35.7 Å². The smallest absolute Gasteiger partial charge is 0.338 e. The highest BCUT2D eigenvalue weighted by Crippen LogP contribution is 2.29. The maximum absolute atomic E-state index is 13.0. The van der Waals surface area contributed by atoms with Gasteiger partial charge in [-0.05, 0) is 68.7 Å². The van der Waals surface area contributed by atoms with E-state index >= 15 is 0 Å². The first-order chi connectivity index (χ1) is 14.1. The van der Waals surface area contributed by atoms with Crippen LogP contribution in [0.4, 0.5) is 11.4 Å². The maximum atomic E-state index is 13.0. The van der Waals surface area contributed by atoms with Crippen molar-refractivity contribution in [3.8, 4) is 0 Å². The summed E-state index contributed by atoms with van der Waals surface area (Å²) in [7, 11) is -7.43. The number of aryl methyl sites for hydroxylation is 1. The number of rotatable bonds is 6. The Balaban J connectivity index is 1.88. The van der Waals surface area contributed by atoms with Crippen LogP contribution in [0.25, 0.3) is 0 Å². The van der Waals surface area contributed by atoms with Crippen molar-refractivity contribution in [2.75, 3.05) is 27.9 Å². The van der Waals surface area contributed by atoms with E-state index in [9.17, 15) is 21.6 Å². The lowest BCUT2D eigenvalue weighted by molar-refractivity contribution is 0.0526. The minimum atomic E-state index is -3.97. The lowest BCUT2D eigenvalue weighted by Gasteiger charge is -2.28. The van der Waals surface area contributed by atoms with E-state index in [1.807, 2.05) is 0 Å². The van der Waals surface area contributed by atoms with Gasteiger partial charge in [0.1, 0.15) is 0 Å². The quantitative estimate of drug-likeness (QED) is 0.675. The van der Waals surface area contributed by atoms with Crippen LogP contribution in [0.3, 0.4) is 0 Å². The second kappa shape index (κ2) is 8.65. The van der Waals surface area contributed by atoms with Gasteiger partial charge in [0, 0.05) is 12.2 Å². The molecule has 0 aliphatic carbocycles. The molecule has 0 aromatic heterocycles. The van der Waals surface area contributed by atoms with Gasteiger partial charge < -0.3 is 4.74 Å². The molecule has 1 heterocycles. The zero-order valence-corrected chi connectivity index (χ0v) is 18.4. The van der Waals surface area contributed by atoms with Gasteiger partial charge in [-0.15, -0.1) is 0 Å². The summed E-state index contributed by atoms with van der Waals surface area (Å²) >= 11 is 0. The molecule has 0 unspecified atom stereocenters. The molecule has 1 fully saturated rings. The predicted octanol–water partition coefficient (Wildman–Crippen LogP) is 2.90. The molecule has 1 aliphatic heterocycles. The fourth-order valence-electron chi connectivity index (χ4n) is 3.21. The number of nitrogens with zero attached hydrogens (tertiary/aromatic N) is 1. The van der Waals surface area contributed by atoms with Crippen molar-refractivity contribution in [1.82, 2.24) is 0 Å². The first-order valence-electron chi connectivity index (χ1n) is 9.55. The number of carbonyl (C=O) groups excluding carboxylic acids is 1. The summed E-state index contributed by atoms with van der Waals surface area (Å²) in [5.74, 6) is -0.438. The van der Waals surface area contributed by atoms with E-state index in [0.717, 1.165) is 6.42 Å². The molecular formula is C20H24N2O6S2. The topological polar surface area (TPSA) is 110 Å². The number of sulfonamides is 2. The lowest BCUT2D eigenvalue weighted by Crippen LogP contribution is -2.38. The number of carbonyl (C=O) groups is 1. The van der Waals surface area contributed by atoms with Gasteiger partial charge in [0.15, 0.2) is 0 Å². The van der Waals surface area contributed by atoms with Crippen LogP contribution in [0.5, 0.6) is 0 Å². The number of anilines is 2. The molecule has 3 rings (SSSR count). The molecule has 0 saturated carbocycles. The molecule has 1 aliphatic rings. The summed E-state index contributed by atoms with van der Waals surface area (Å²) in [5, 5.41) is 0. The Morgan fingerprint density at radius 3 is 2.47 bits per heavy atom. The van der Waals surface area contributed by atoms with Crippen LogP contribution in [0.2, 0.25) is 0 Å². The van der Waals surface area contributed by atoms with Gasteiger partial charge in [-0.3, -0.25) is 9.03 Å². The van der Waals surface area contributed by atoms with E-state index in [2.05, 4.69) is 4.72 Å². The molecule has 1 N–H and O–H groups in total. The Morgan fingerprint density at radius 2 is 1.83 bits per heavy atom. The van der Waals surface area contributed by atoms with Crippen molar-refractivity contribution in [1.29, 1.82) is 0 Å². The minimum Gasteiger partial charge on any atom is -0.462 e. The number of nitrogens with one attached hydrogen (secondary N) is 1. The highest BCUT2D eigenvalue weighted by molar-refractivity contribution is 7.93. The standard InChI is InChI=1S/C20H24N2O6S2/c1-3-28-20(23)16-7-9-17(10-8-16)21-30(26,27)19-14-18(11-6-15(19)2)22-12-4-5-13-29(22,24)25/h6-11,14,21H,3-5,12-13H2,1-2H3. The first-order valence-corrected chi connectivity index (χ1v) is 12.6. The van der Waals surface area contributed by atoms with Crippen molar-refractivity contribution in [3.63, 3.8) is 0 Å². The van der Waals surface area contributed by atoms with Crippen molar-refractivity contribution >= 4 is 37.4 Å². The molecule has 0 radical (unpaired) electrons. The highest BCUT2D eigenvalue weighted by atomic mass is 32.2. The molecular weight excluding hydrogens is 428 g/mol. The van der Waals surface area contributed by atoms with Gasteiger partial charge in [0.2, 0.25) is 10.0 Å². The molecule has 0 spiro atoms. The van der Waals surface area contributed by atoms with E-state index in [4.69, 9.17) is 4.74 Å². The molecule has 8 nitrogen and oxygen atoms in total. The van der Waals surface area contributed by atoms with Crippen LogP contribution in [-0.4, -0.2) is 41.7 Å². The van der Waals surface area contributed by atoms with Gasteiger partial charge in [-0.1, -0.05) is 6.07 Å². The predicted molar refractivity (Wildman–Crippen MR) is 115 cm³/mol. The van der Waals surface area contributed by atoms with Crippen LogP contribution < -0.4 is 9.03 Å². The monoisotopic (exact) mass is 452 g/mol. The molecule has 0 bridgehead atoms. The highest BCUT2D eigenvalue weighted by Gasteiger charge is 2.28. The van der Waals surface area contributed by atoms with E-state index in [1.165, 1.54) is 34.6 Å². The molecule has 1 saturated heterocycles. The average molecular weight is 453 g/mol. The molecule has 2 aromatic carbocycles. The Labute approximate surface area is 177 Å². The summed E-state index contributed by atoms with van der Waals surface area (Å²) < 4.78 is 59.3. The third-order valence-electron chi connectivity index (χ3n) is 4.75. The first kappa shape index (κ1) is 22.1. The number of hydrogen-bond acceptors (Lipinski definition) is 6. The van der Waals surface area contributed by atoms with E-state index in [1.54, 1.807) is 26.0 Å². The Morgan fingerprint density at radius 1 is 1.13 bits per heavy atom. The number of hydrogen-bond donors (Lipinski definition) is 1. The van der Waals surface area contributed by atoms with Gasteiger partial charge in [-0.2, -0.15) is 0 Å². The van der Waals surface area contributed by atoms with E-state index < -0.39 is 26.0 Å². The summed E-state index contributed by atoms with van der Waals surface area (Å²) in [6.07, 6.45) is 1.32. The molecule has 10 heteroatoms. The summed E-state index contributed by atoms with van der Waals surface area (Å²) in [6, 6.07) is 10.5. The number of ether oxygens (including phenoxy) is 1. The average Bonchev–Trinajstić information content (AvgIpc) is 2.68. The largest absolute Gasteiger partial charge is 0.462 e. The third kappa shape index (κ3) is 4.76. The van der Waals surface area contributed by atoms with Gasteiger partial charge in [0.05, 0.1) is 28.5 Å². The Hall–Kier alpha value is -2.59. The fourth-order valence-corrected chi connectivity index (χ4v) is 6.17. The maximum Gasteiger partial charge on any atom is 0.338 e. The fraction of sp³-hybridized carbons (Fsp3) is 0.350. The lowest BCUT2D eigenvalue weighted by atomic mass is 10.2. The second-order valence-electron chi connectivity index (χ2n) is 6.95. The SMILES string of the molecule is CCOC(=O)c1ccc(NS(=O)(=O)c2cc(N3CCCCS3(=O)=O)ccc2C)cc1. The van der Waals surface area contributed by atoms with Gasteiger partial charge in [-0.25, -0.2) is 21.6 Å². The van der Waals surface area contributed by atoms with E-state index in [-0.39, 0.29) is 22.9 Å². The summed E-state index contributed by atoms with van der Waals surface area (Å²) in [4.78, 5) is 11.7. The normalized spacial score (nSPS) is 16.1. The van der Waals surface area contributed by atoms with Crippen molar-refractivity contribution in [2.45, 2.75) is 31.6 Å². The second-order valence-corrected chi connectivity index (χ2v) is 10.6. The van der Waals surface area contributed by atoms with Crippen LogP contribution in [-0.2, 0) is 24.8 Å². The van der Waals surface area contributed by atoms with Crippen LogP contribution in [0.15, 0.2) is 47.4 Å². The van der Waals surface area contributed by atoms with Gasteiger partial charge in [0.25, 0.3) is 10.0 Å². The Bertz CT molecular complexity index is 1140. The number of benzene rings is 2. The van der Waals surface area contributed by atoms with Crippen LogP contribution in [0, 0.1) is 6.92 Å². The van der Waals surface area contributed by atoms with Gasteiger partial charge >= 0.3 is 5.97 Å². The Kier molecular flexibility index (Phi) is 6.37. The molecule has 0 atom stereocenters. The van der Waals surface area contributed by atoms with Crippen molar-refractivity contribution < 1.29 is 26.4 Å². The van der Waals surface area contributed by atoms with Crippen molar-refractivity contribution in [3.05, 3.63) is 53.6 Å². The zero-order chi connectivity index (χ0) is 21.9. The molecule has 0 amide bonds. The summed E-state index contributed by atoms with van der Waals surface area (Å²) in [5.41, 5.74) is 1.41. The van der Waals surface area contributed by atoms with Crippen LogP contribution >= 0.6 is 0 Å². The molecule has 162 valence electrons. The zero-order valence-electron chi connectivity index (χ0n) is 16.8. The third-order valence-corrected chi connectivity index (χ3v) is 8.14. The minimum absolute atomic E-state index is 0.00440. The van der Waals surface area contributed by atoms with E-state index in [0.29, 0.717) is 29.8 Å².